The van der Waals surface area contributed by atoms with Crippen LogP contribution in [0, 0.1) is 0 Å². The van der Waals surface area contributed by atoms with Crippen LogP contribution in [0.5, 0.6) is 0 Å². The number of rotatable bonds is 2. The molecule has 0 bridgehead atoms. The van der Waals surface area contributed by atoms with E-state index in [0.29, 0.717) is 13.2 Å². The highest BCUT2D eigenvalue weighted by Crippen LogP contribution is 2.13. The van der Waals surface area contributed by atoms with Crippen molar-refractivity contribution in [1.29, 1.82) is 0 Å². The molecule has 0 aromatic heterocycles. The second-order valence-electron chi connectivity index (χ2n) is 1.87. The summed E-state index contributed by atoms with van der Waals surface area (Å²) in [6, 6.07) is 0. The van der Waals surface area contributed by atoms with Crippen molar-refractivity contribution in [2.45, 2.75) is 6.29 Å². The molecule has 9 heavy (non-hydrogen) atoms. The summed E-state index contributed by atoms with van der Waals surface area (Å²) < 4.78 is 10.3. The third kappa shape index (κ3) is 1.78. The van der Waals surface area contributed by atoms with E-state index in [9.17, 15) is 0 Å². The van der Waals surface area contributed by atoms with Gasteiger partial charge in [0.15, 0.2) is 6.29 Å². The SMILES string of the molecule is C=C(CBr)C1OCCO1. The average Bonchev–Trinajstić information content (AvgIpc) is 2.37. The average molecular weight is 193 g/mol. The first-order valence-corrected chi connectivity index (χ1v) is 3.93. The third-order valence-electron chi connectivity index (χ3n) is 1.13. The highest BCUT2D eigenvalue weighted by Gasteiger charge is 2.17. The standard InChI is InChI=1S/C6H9BrO2/c1-5(4-7)6-8-2-3-9-6/h6H,1-4H2. The summed E-state index contributed by atoms with van der Waals surface area (Å²) in [7, 11) is 0. The number of halogens is 1. The van der Waals surface area contributed by atoms with Crippen LogP contribution in [-0.2, 0) is 9.47 Å². The Balaban J connectivity index is 2.32. The van der Waals surface area contributed by atoms with E-state index in [1.807, 2.05) is 0 Å². The highest BCUT2D eigenvalue weighted by molar-refractivity contribution is 9.09. The Kier molecular flexibility index (Phi) is 2.69. The van der Waals surface area contributed by atoms with Crippen LogP contribution < -0.4 is 0 Å². The summed E-state index contributed by atoms with van der Waals surface area (Å²) in [5.41, 5.74) is 0.951. The van der Waals surface area contributed by atoms with Gasteiger partial charge in [0.2, 0.25) is 0 Å². The fourth-order valence-electron chi connectivity index (χ4n) is 0.657. The van der Waals surface area contributed by atoms with Crippen LogP contribution in [0.1, 0.15) is 0 Å². The van der Waals surface area contributed by atoms with Crippen LogP contribution >= 0.6 is 15.9 Å². The van der Waals surface area contributed by atoms with Gasteiger partial charge in [0.05, 0.1) is 13.2 Å². The van der Waals surface area contributed by atoms with E-state index < -0.39 is 0 Å². The van der Waals surface area contributed by atoms with E-state index in [0.717, 1.165) is 10.9 Å². The predicted octanol–water partition coefficient (Wildman–Crippen LogP) is 1.31. The van der Waals surface area contributed by atoms with Gasteiger partial charge in [0.25, 0.3) is 0 Å². The first-order valence-electron chi connectivity index (χ1n) is 2.81. The van der Waals surface area contributed by atoms with Crippen molar-refractivity contribution in [2.75, 3.05) is 18.5 Å². The molecule has 1 saturated heterocycles. The topological polar surface area (TPSA) is 18.5 Å². The zero-order valence-corrected chi connectivity index (χ0v) is 6.69. The molecule has 1 aliphatic rings. The van der Waals surface area contributed by atoms with Crippen molar-refractivity contribution in [2.24, 2.45) is 0 Å². The van der Waals surface area contributed by atoms with Crippen molar-refractivity contribution in [1.82, 2.24) is 0 Å². The molecule has 0 radical (unpaired) electrons. The minimum absolute atomic E-state index is 0.163. The van der Waals surface area contributed by atoms with Gasteiger partial charge in [-0.2, -0.15) is 0 Å². The van der Waals surface area contributed by atoms with Crippen molar-refractivity contribution in [3.63, 3.8) is 0 Å². The molecular weight excluding hydrogens is 184 g/mol. The van der Waals surface area contributed by atoms with Crippen LogP contribution in [0.3, 0.4) is 0 Å². The van der Waals surface area contributed by atoms with E-state index in [2.05, 4.69) is 22.5 Å². The molecular formula is C6H9BrO2. The maximum atomic E-state index is 5.15. The van der Waals surface area contributed by atoms with Gasteiger partial charge in [0, 0.05) is 5.33 Å². The summed E-state index contributed by atoms with van der Waals surface area (Å²) >= 11 is 3.27. The summed E-state index contributed by atoms with van der Waals surface area (Å²) in [4.78, 5) is 0. The summed E-state index contributed by atoms with van der Waals surface area (Å²) in [6.07, 6.45) is -0.163. The lowest BCUT2D eigenvalue weighted by atomic mass is 10.3. The molecule has 2 nitrogen and oxygen atoms in total. The molecule has 0 unspecified atom stereocenters. The van der Waals surface area contributed by atoms with Crippen LogP contribution in [0.15, 0.2) is 12.2 Å². The van der Waals surface area contributed by atoms with Gasteiger partial charge in [-0.3, -0.25) is 0 Å². The zero-order chi connectivity index (χ0) is 6.69. The summed E-state index contributed by atoms with van der Waals surface area (Å²) in [6.45, 7) is 5.14. The van der Waals surface area contributed by atoms with Crippen molar-refractivity contribution in [3.8, 4) is 0 Å². The third-order valence-corrected chi connectivity index (χ3v) is 1.85. The molecule has 0 spiro atoms. The Morgan fingerprint density at radius 1 is 1.56 bits per heavy atom. The molecule has 1 heterocycles. The Labute approximate surface area is 63.0 Å². The number of alkyl halides is 1. The molecule has 1 rings (SSSR count). The summed E-state index contributed by atoms with van der Waals surface area (Å²) in [5.74, 6) is 0. The molecule has 0 aromatic carbocycles. The fraction of sp³-hybridized carbons (Fsp3) is 0.667. The maximum Gasteiger partial charge on any atom is 0.180 e. The van der Waals surface area contributed by atoms with Crippen molar-refractivity contribution in [3.05, 3.63) is 12.2 Å². The first kappa shape index (κ1) is 7.25. The first-order chi connectivity index (χ1) is 4.34. The molecule has 1 fully saturated rings. The van der Waals surface area contributed by atoms with Gasteiger partial charge in [-0.25, -0.2) is 0 Å². The van der Waals surface area contributed by atoms with Crippen molar-refractivity contribution < 1.29 is 9.47 Å². The van der Waals surface area contributed by atoms with Gasteiger partial charge in [-0.1, -0.05) is 22.5 Å². The maximum absolute atomic E-state index is 5.15. The Hall–Kier alpha value is 0.140. The molecule has 0 N–H and O–H groups in total. The zero-order valence-electron chi connectivity index (χ0n) is 5.10. The molecule has 0 aromatic rings. The Morgan fingerprint density at radius 3 is 2.56 bits per heavy atom. The van der Waals surface area contributed by atoms with E-state index in [4.69, 9.17) is 9.47 Å². The highest BCUT2D eigenvalue weighted by atomic mass is 79.9. The molecule has 0 atom stereocenters. The minimum atomic E-state index is -0.163. The Morgan fingerprint density at radius 2 is 2.11 bits per heavy atom. The monoisotopic (exact) mass is 192 g/mol. The second-order valence-corrected chi connectivity index (χ2v) is 2.43. The second kappa shape index (κ2) is 3.34. The van der Waals surface area contributed by atoms with E-state index >= 15 is 0 Å². The largest absolute Gasteiger partial charge is 0.346 e. The predicted molar refractivity (Wildman–Crippen MR) is 38.6 cm³/mol. The Bertz CT molecular complexity index is 108. The fourth-order valence-corrected chi connectivity index (χ4v) is 0.921. The van der Waals surface area contributed by atoms with Gasteiger partial charge >= 0.3 is 0 Å². The lowest BCUT2D eigenvalue weighted by Gasteiger charge is -2.08. The van der Waals surface area contributed by atoms with Gasteiger partial charge < -0.3 is 9.47 Å². The van der Waals surface area contributed by atoms with Crippen LogP contribution in [-0.4, -0.2) is 24.8 Å². The smallest absolute Gasteiger partial charge is 0.180 e. The van der Waals surface area contributed by atoms with Gasteiger partial charge in [0.1, 0.15) is 0 Å². The molecule has 0 aliphatic carbocycles. The lowest BCUT2D eigenvalue weighted by molar-refractivity contribution is -0.0100. The number of hydrogen-bond acceptors (Lipinski definition) is 2. The molecule has 3 heteroatoms. The van der Waals surface area contributed by atoms with Crippen LogP contribution in [0.2, 0.25) is 0 Å². The van der Waals surface area contributed by atoms with E-state index in [-0.39, 0.29) is 6.29 Å². The molecule has 52 valence electrons. The lowest BCUT2D eigenvalue weighted by Crippen LogP contribution is -2.10. The molecule has 0 saturated carbocycles. The van der Waals surface area contributed by atoms with Gasteiger partial charge in [-0.15, -0.1) is 0 Å². The minimum Gasteiger partial charge on any atom is -0.346 e. The molecule has 0 amide bonds. The van der Waals surface area contributed by atoms with Gasteiger partial charge in [-0.05, 0) is 5.57 Å². The summed E-state index contributed by atoms with van der Waals surface area (Å²) in [5, 5.41) is 0.748. The number of ether oxygens (including phenoxy) is 2. The van der Waals surface area contributed by atoms with Crippen molar-refractivity contribution >= 4 is 15.9 Å². The number of hydrogen-bond donors (Lipinski definition) is 0. The molecule has 1 aliphatic heterocycles. The van der Waals surface area contributed by atoms with Crippen LogP contribution in [0.4, 0.5) is 0 Å². The van der Waals surface area contributed by atoms with Crippen LogP contribution in [0.25, 0.3) is 0 Å². The van der Waals surface area contributed by atoms with E-state index in [1.54, 1.807) is 0 Å². The quantitative estimate of drug-likeness (QED) is 0.486. The normalized spacial score (nSPS) is 20.6. The van der Waals surface area contributed by atoms with E-state index in [1.165, 1.54) is 0 Å².